The van der Waals surface area contributed by atoms with Crippen molar-refractivity contribution in [2.75, 3.05) is 0 Å². The van der Waals surface area contributed by atoms with Crippen molar-refractivity contribution in [2.45, 2.75) is 32.4 Å². The number of aromatic nitrogens is 1. The molecule has 0 fully saturated rings. The molecule has 2 unspecified atom stereocenters. The molecule has 0 saturated carbocycles. The summed E-state index contributed by atoms with van der Waals surface area (Å²) in [6, 6.07) is 4.85. The number of nitrogens with one attached hydrogen (secondary N) is 1. The van der Waals surface area contributed by atoms with E-state index < -0.39 is 6.10 Å². The molecular formula is C12H15N3O2. The van der Waals surface area contributed by atoms with Crippen LogP contribution >= 0.6 is 0 Å². The van der Waals surface area contributed by atoms with Crippen molar-refractivity contribution in [2.24, 2.45) is 0 Å². The number of aliphatic hydroxyl groups is 1. The highest BCUT2D eigenvalue weighted by molar-refractivity contribution is 5.92. The molecule has 0 aliphatic carbocycles. The van der Waals surface area contributed by atoms with Crippen LogP contribution in [0.4, 0.5) is 0 Å². The van der Waals surface area contributed by atoms with E-state index in [2.05, 4.69) is 10.3 Å². The van der Waals surface area contributed by atoms with Gasteiger partial charge in [-0.15, -0.1) is 0 Å². The number of hydrogen-bond acceptors (Lipinski definition) is 4. The molecule has 0 spiro atoms. The number of carbonyl (C=O) groups excluding carboxylic acids is 1. The predicted molar refractivity (Wildman–Crippen MR) is 62.2 cm³/mol. The lowest BCUT2D eigenvalue weighted by Gasteiger charge is -2.14. The van der Waals surface area contributed by atoms with E-state index >= 15 is 0 Å². The Kier molecular flexibility index (Phi) is 4.61. The summed E-state index contributed by atoms with van der Waals surface area (Å²) in [5.41, 5.74) is 0.681. The second kappa shape index (κ2) is 5.97. The molecule has 1 amide bonds. The molecule has 90 valence electrons. The van der Waals surface area contributed by atoms with Crippen LogP contribution in [0.15, 0.2) is 18.3 Å². The number of pyridine rings is 1. The number of nitriles is 1. The van der Waals surface area contributed by atoms with Gasteiger partial charge in [-0.25, -0.2) is 4.98 Å². The van der Waals surface area contributed by atoms with E-state index in [0.29, 0.717) is 12.0 Å². The minimum absolute atomic E-state index is 0.125. The van der Waals surface area contributed by atoms with Crippen LogP contribution in [-0.2, 0) is 0 Å². The largest absolute Gasteiger partial charge is 0.393 e. The minimum atomic E-state index is -0.459. The van der Waals surface area contributed by atoms with Crippen LogP contribution in [0, 0.1) is 11.3 Å². The summed E-state index contributed by atoms with van der Waals surface area (Å²) in [7, 11) is 0. The van der Waals surface area contributed by atoms with Gasteiger partial charge < -0.3 is 10.4 Å². The fourth-order valence-corrected chi connectivity index (χ4v) is 1.46. The summed E-state index contributed by atoms with van der Waals surface area (Å²) < 4.78 is 0. The fourth-order valence-electron chi connectivity index (χ4n) is 1.46. The molecule has 0 aliphatic heterocycles. The molecule has 0 saturated heterocycles. The van der Waals surface area contributed by atoms with Gasteiger partial charge in [0.1, 0.15) is 11.8 Å². The first-order chi connectivity index (χ1) is 8.02. The predicted octanol–water partition coefficient (Wildman–Crippen LogP) is 0.842. The van der Waals surface area contributed by atoms with Crippen molar-refractivity contribution in [3.05, 3.63) is 29.6 Å². The molecule has 1 heterocycles. The third-order valence-corrected chi connectivity index (χ3v) is 2.20. The third-order valence-electron chi connectivity index (χ3n) is 2.20. The Hall–Kier alpha value is -1.93. The van der Waals surface area contributed by atoms with Gasteiger partial charge in [0.05, 0.1) is 11.7 Å². The average molecular weight is 233 g/mol. The number of carbonyl (C=O) groups is 1. The van der Waals surface area contributed by atoms with Gasteiger partial charge in [-0.05, 0) is 32.4 Å². The molecule has 5 heteroatoms. The zero-order valence-corrected chi connectivity index (χ0v) is 9.84. The van der Waals surface area contributed by atoms with Gasteiger partial charge in [0.25, 0.3) is 5.91 Å². The molecule has 2 atom stereocenters. The van der Waals surface area contributed by atoms with E-state index in [9.17, 15) is 9.90 Å². The molecule has 1 aromatic heterocycles. The Labute approximate surface area is 100 Å². The number of hydrogen-bond donors (Lipinski definition) is 2. The Bertz CT molecular complexity index is 420. The first-order valence-electron chi connectivity index (χ1n) is 5.38. The standard InChI is InChI=1S/C12H15N3O2/c1-8(5-9(2)16)15-12(17)11-4-3-10(6-13)7-14-11/h3-4,7-9,16H,5H2,1-2H3,(H,15,17). The second-order valence-corrected chi connectivity index (χ2v) is 4.00. The van der Waals surface area contributed by atoms with Crippen LogP contribution in [0.3, 0.4) is 0 Å². The molecule has 17 heavy (non-hydrogen) atoms. The van der Waals surface area contributed by atoms with Crippen molar-refractivity contribution in [3.8, 4) is 6.07 Å². The van der Waals surface area contributed by atoms with E-state index in [1.165, 1.54) is 12.3 Å². The monoisotopic (exact) mass is 233 g/mol. The first-order valence-corrected chi connectivity index (χ1v) is 5.38. The molecule has 5 nitrogen and oxygen atoms in total. The zero-order chi connectivity index (χ0) is 12.8. The van der Waals surface area contributed by atoms with Crippen LogP contribution in [0.1, 0.15) is 36.3 Å². The number of aliphatic hydroxyl groups excluding tert-OH is 1. The lowest BCUT2D eigenvalue weighted by molar-refractivity contribution is 0.0918. The zero-order valence-electron chi connectivity index (χ0n) is 9.84. The smallest absolute Gasteiger partial charge is 0.270 e. The highest BCUT2D eigenvalue weighted by Crippen LogP contribution is 2.01. The Morgan fingerprint density at radius 1 is 1.59 bits per heavy atom. The lowest BCUT2D eigenvalue weighted by Crippen LogP contribution is -2.35. The molecule has 0 bridgehead atoms. The molecule has 1 rings (SSSR count). The van der Waals surface area contributed by atoms with Crippen LogP contribution < -0.4 is 5.32 Å². The van der Waals surface area contributed by atoms with Gasteiger partial charge in [0.2, 0.25) is 0 Å². The van der Waals surface area contributed by atoms with Crippen LogP contribution in [0.25, 0.3) is 0 Å². The SMILES string of the molecule is CC(O)CC(C)NC(=O)c1ccc(C#N)cn1. The van der Waals surface area contributed by atoms with Gasteiger partial charge in [-0.1, -0.05) is 0 Å². The fraction of sp³-hybridized carbons (Fsp3) is 0.417. The summed E-state index contributed by atoms with van der Waals surface area (Å²) in [6.45, 7) is 3.48. The highest BCUT2D eigenvalue weighted by atomic mass is 16.3. The van der Waals surface area contributed by atoms with Gasteiger partial charge >= 0.3 is 0 Å². The third kappa shape index (κ3) is 4.21. The first kappa shape index (κ1) is 13.1. The minimum Gasteiger partial charge on any atom is -0.393 e. The molecule has 1 aromatic rings. The normalized spacial score (nSPS) is 13.5. The molecule has 0 radical (unpaired) electrons. The van der Waals surface area contributed by atoms with Gasteiger partial charge in [-0.2, -0.15) is 5.26 Å². The maximum Gasteiger partial charge on any atom is 0.270 e. The lowest BCUT2D eigenvalue weighted by atomic mass is 10.1. The molecule has 0 aliphatic rings. The number of nitrogens with zero attached hydrogens (tertiary/aromatic N) is 2. The topological polar surface area (TPSA) is 86.0 Å². The second-order valence-electron chi connectivity index (χ2n) is 4.00. The summed E-state index contributed by atoms with van der Waals surface area (Å²) in [4.78, 5) is 15.6. The van der Waals surface area contributed by atoms with Crippen molar-refractivity contribution in [3.63, 3.8) is 0 Å². The summed E-state index contributed by atoms with van der Waals surface area (Å²) in [5.74, 6) is -0.303. The summed E-state index contributed by atoms with van der Waals surface area (Å²) in [6.07, 6.45) is 1.38. The quantitative estimate of drug-likeness (QED) is 0.807. The Morgan fingerprint density at radius 2 is 2.29 bits per heavy atom. The van der Waals surface area contributed by atoms with E-state index in [4.69, 9.17) is 5.26 Å². The summed E-state index contributed by atoms with van der Waals surface area (Å²) >= 11 is 0. The van der Waals surface area contributed by atoms with Crippen LogP contribution in [0.2, 0.25) is 0 Å². The molecule has 2 N–H and O–H groups in total. The Balaban J connectivity index is 2.61. The number of amides is 1. The van der Waals surface area contributed by atoms with Crippen molar-refractivity contribution < 1.29 is 9.90 Å². The van der Waals surface area contributed by atoms with Gasteiger partial charge in [0.15, 0.2) is 0 Å². The molecular weight excluding hydrogens is 218 g/mol. The van der Waals surface area contributed by atoms with Crippen molar-refractivity contribution in [1.82, 2.24) is 10.3 Å². The highest BCUT2D eigenvalue weighted by Gasteiger charge is 2.12. The van der Waals surface area contributed by atoms with E-state index in [0.717, 1.165) is 0 Å². The number of rotatable bonds is 4. The average Bonchev–Trinajstić information content (AvgIpc) is 2.28. The van der Waals surface area contributed by atoms with E-state index in [1.54, 1.807) is 13.0 Å². The summed E-state index contributed by atoms with van der Waals surface area (Å²) in [5, 5.41) is 20.5. The Morgan fingerprint density at radius 3 is 2.76 bits per heavy atom. The van der Waals surface area contributed by atoms with E-state index in [-0.39, 0.29) is 17.6 Å². The van der Waals surface area contributed by atoms with Gasteiger partial charge in [-0.3, -0.25) is 4.79 Å². The van der Waals surface area contributed by atoms with Crippen LogP contribution in [-0.4, -0.2) is 28.1 Å². The maximum absolute atomic E-state index is 11.7. The van der Waals surface area contributed by atoms with Gasteiger partial charge in [0, 0.05) is 12.2 Å². The molecule has 0 aromatic carbocycles. The maximum atomic E-state index is 11.7. The van der Waals surface area contributed by atoms with Crippen LogP contribution in [0.5, 0.6) is 0 Å². The van der Waals surface area contributed by atoms with Crippen molar-refractivity contribution >= 4 is 5.91 Å². The van der Waals surface area contributed by atoms with Crippen molar-refractivity contribution in [1.29, 1.82) is 5.26 Å². The van der Waals surface area contributed by atoms with E-state index in [1.807, 2.05) is 13.0 Å².